The number of carbonyl (C=O) groups excluding carboxylic acids is 2. The van der Waals surface area contributed by atoms with Crippen molar-refractivity contribution in [2.24, 2.45) is 11.8 Å². The van der Waals surface area contributed by atoms with Gasteiger partial charge in [-0.25, -0.2) is 18.3 Å². The van der Waals surface area contributed by atoms with Crippen molar-refractivity contribution in [3.8, 4) is 0 Å². The quantitative estimate of drug-likeness (QED) is 0.501. The second-order valence-corrected chi connectivity index (χ2v) is 9.30. The van der Waals surface area contributed by atoms with Crippen LogP contribution in [0, 0.1) is 11.8 Å². The van der Waals surface area contributed by atoms with Crippen molar-refractivity contribution >= 4 is 29.3 Å². The number of aromatic nitrogens is 5. The van der Waals surface area contributed by atoms with Gasteiger partial charge in [-0.2, -0.15) is 10.2 Å². The molecule has 5 rings (SSSR count). The van der Waals surface area contributed by atoms with Gasteiger partial charge < -0.3 is 15.0 Å². The fourth-order valence-electron chi connectivity index (χ4n) is 4.56. The van der Waals surface area contributed by atoms with E-state index in [1.54, 1.807) is 6.20 Å². The number of nitrogens with zero attached hydrogens (tertiary/aromatic N) is 6. The number of aldehydes is 1. The average Bonchev–Trinajstić information content (AvgIpc) is 3.39. The zero-order chi connectivity index (χ0) is 23.8. The number of nitrogens with one attached hydrogen (secondary N) is 1. The first-order valence-electron chi connectivity index (χ1n) is 11.6. The number of halogens is 2. The number of fused-ring (bicyclic) bond motifs is 1. The SMILES string of the molecule is CN(CC1CC1)c1ccn2ncc(C(=O)Nc3cn(C4CCC(C=O)CC4)nc3C(F)F)c2n1. The van der Waals surface area contributed by atoms with E-state index in [2.05, 4.69) is 20.5 Å². The molecular formula is C23H27F2N7O2. The lowest BCUT2D eigenvalue weighted by atomic mass is 9.87. The molecule has 2 aliphatic rings. The number of carbonyl (C=O) groups is 2. The van der Waals surface area contributed by atoms with Crippen LogP contribution < -0.4 is 10.2 Å². The Hall–Kier alpha value is -3.37. The lowest BCUT2D eigenvalue weighted by molar-refractivity contribution is -0.112. The van der Waals surface area contributed by atoms with E-state index in [-0.39, 0.29) is 23.2 Å². The number of hydrogen-bond acceptors (Lipinski definition) is 6. The molecule has 9 nitrogen and oxygen atoms in total. The van der Waals surface area contributed by atoms with E-state index < -0.39 is 18.0 Å². The average molecular weight is 472 g/mol. The van der Waals surface area contributed by atoms with Gasteiger partial charge in [0.15, 0.2) is 11.3 Å². The largest absolute Gasteiger partial charge is 0.359 e. The summed E-state index contributed by atoms with van der Waals surface area (Å²) in [5, 5.41) is 10.8. The van der Waals surface area contributed by atoms with Gasteiger partial charge in [-0.05, 0) is 50.5 Å². The molecule has 0 spiro atoms. The van der Waals surface area contributed by atoms with E-state index in [0.29, 0.717) is 37.2 Å². The Balaban J connectivity index is 1.37. The minimum Gasteiger partial charge on any atom is -0.359 e. The van der Waals surface area contributed by atoms with Gasteiger partial charge in [-0.15, -0.1) is 0 Å². The molecule has 2 aliphatic carbocycles. The summed E-state index contributed by atoms with van der Waals surface area (Å²) < 4.78 is 30.4. The van der Waals surface area contributed by atoms with Gasteiger partial charge in [0.25, 0.3) is 12.3 Å². The summed E-state index contributed by atoms with van der Waals surface area (Å²) in [5.74, 6) is 0.835. The molecular weight excluding hydrogens is 444 g/mol. The molecule has 2 saturated carbocycles. The molecule has 0 unspecified atom stereocenters. The Kier molecular flexibility index (Phi) is 6.01. The van der Waals surface area contributed by atoms with Crippen LogP contribution in [-0.2, 0) is 4.79 Å². The van der Waals surface area contributed by atoms with Gasteiger partial charge in [-0.3, -0.25) is 9.48 Å². The molecule has 3 aromatic heterocycles. The van der Waals surface area contributed by atoms with Crippen LogP contribution in [0.2, 0.25) is 0 Å². The molecule has 1 amide bonds. The normalized spacial score (nSPS) is 20.6. The monoisotopic (exact) mass is 471 g/mol. The molecule has 1 N–H and O–H groups in total. The van der Waals surface area contributed by atoms with Crippen molar-refractivity contribution in [3.05, 3.63) is 35.9 Å². The minimum atomic E-state index is -2.84. The predicted molar refractivity (Wildman–Crippen MR) is 121 cm³/mol. The number of alkyl halides is 2. The first-order valence-corrected chi connectivity index (χ1v) is 11.6. The second-order valence-electron chi connectivity index (χ2n) is 9.30. The lowest BCUT2D eigenvalue weighted by Crippen LogP contribution is -2.21. The van der Waals surface area contributed by atoms with Crippen LogP contribution >= 0.6 is 0 Å². The van der Waals surface area contributed by atoms with Crippen molar-refractivity contribution in [3.63, 3.8) is 0 Å². The third-order valence-electron chi connectivity index (χ3n) is 6.74. The summed E-state index contributed by atoms with van der Waals surface area (Å²) in [5.41, 5.74) is 0.0518. The second kappa shape index (κ2) is 9.11. The third-order valence-corrected chi connectivity index (χ3v) is 6.74. The highest BCUT2D eigenvalue weighted by molar-refractivity contribution is 6.08. The molecule has 0 aromatic carbocycles. The maximum atomic E-state index is 13.7. The van der Waals surface area contributed by atoms with Crippen LogP contribution in [0.1, 0.15) is 67.0 Å². The minimum absolute atomic E-state index is 0.0110. The Bertz CT molecular complexity index is 1200. The highest BCUT2D eigenvalue weighted by Crippen LogP contribution is 2.34. The predicted octanol–water partition coefficient (Wildman–Crippen LogP) is 3.89. The molecule has 0 radical (unpaired) electrons. The van der Waals surface area contributed by atoms with E-state index in [4.69, 9.17) is 0 Å². The Morgan fingerprint density at radius 3 is 2.71 bits per heavy atom. The topological polar surface area (TPSA) is 97.4 Å². The highest BCUT2D eigenvalue weighted by Gasteiger charge is 2.28. The molecule has 11 heteroatoms. The van der Waals surface area contributed by atoms with Crippen LogP contribution in [0.4, 0.5) is 20.3 Å². The molecule has 0 bridgehead atoms. The van der Waals surface area contributed by atoms with Crippen LogP contribution in [0.5, 0.6) is 0 Å². The molecule has 3 aromatic rings. The van der Waals surface area contributed by atoms with Crippen LogP contribution in [0.15, 0.2) is 24.7 Å². The molecule has 0 saturated heterocycles. The van der Waals surface area contributed by atoms with Crippen LogP contribution in [0.3, 0.4) is 0 Å². The van der Waals surface area contributed by atoms with E-state index >= 15 is 0 Å². The zero-order valence-electron chi connectivity index (χ0n) is 18.9. The number of amides is 1. The Morgan fingerprint density at radius 2 is 2.03 bits per heavy atom. The van der Waals surface area contributed by atoms with E-state index in [1.165, 1.54) is 34.4 Å². The summed E-state index contributed by atoms with van der Waals surface area (Å²) >= 11 is 0. The number of rotatable bonds is 8. The van der Waals surface area contributed by atoms with Crippen molar-refractivity contribution in [2.45, 2.75) is 51.0 Å². The van der Waals surface area contributed by atoms with E-state index in [9.17, 15) is 18.4 Å². The molecule has 2 fully saturated rings. The molecule has 180 valence electrons. The standard InChI is InChI=1S/C23H27F2N7O2/c1-30(11-14-2-3-14)19-8-9-31-22(28-19)17(10-26-31)23(34)27-18-12-32(29-20(18)21(24)25)16-6-4-15(13-33)5-7-16/h8-10,12-16,21H,2-7,11H2,1H3,(H,27,34). The Morgan fingerprint density at radius 1 is 1.26 bits per heavy atom. The number of anilines is 2. The maximum absolute atomic E-state index is 13.7. The molecule has 0 atom stereocenters. The third kappa shape index (κ3) is 4.51. The highest BCUT2D eigenvalue weighted by atomic mass is 19.3. The summed E-state index contributed by atoms with van der Waals surface area (Å²) in [6.45, 7) is 0.893. The summed E-state index contributed by atoms with van der Waals surface area (Å²) in [6.07, 6.45) is 7.87. The summed E-state index contributed by atoms with van der Waals surface area (Å²) in [6, 6.07) is 1.75. The van der Waals surface area contributed by atoms with Crippen molar-refractivity contribution in [1.82, 2.24) is 24.4 Å². The van der Waals surface area contributed by atoms with E-state index in [1.807, 2.05) is 18.0 Å². The first-order chi connectivity index (χ1) is 16.4. The smallest absolute Gasteiger partial charge is 0.284 e. The van der Waals surface area contributed by atoms with Crippen LogP contribution in [0.25, 0.3) is 5.65 Å². The molecule has 0 aliphatic heterocycles. The fourth-order valence-corrected chi connectivity index (χ4v) is 4.56. The lowest BCUT2D eigenvalue weighted by Gasteiger charge is -2.25. The molecule has 34 heavy (non-hydrogen) atoms. The Labute approximate surface area is 195 Å². The van der Waals surface area contributed by atoms with Gasteiger partial charge in [0.1, 0.15) is 17.7 Å². The first kappa shape index (κ1) is 22.4. The summed E-state index contributed by atoms with van der Waals surface area (Å²) in [7, 11) is 1.96. The maximum Gasteiger partial charge on any atom is 0.284 e. The van der Waals surface area contributed by atoms with Crippen molar-refractivity contribution in [2.75, 3.05) is 23.8 Å². The van der Waals surface area contributed by atoms with Crippen LogP contribution in [-0.4, -0.2) is 50.2 Å². The van der Waals surface area contributed by atoms with Gasteiger partial charge in [0.05, 0.1) is 17.9 Å². The van der Waals surface area contributed by atoms with Gasteiger partial charge in [0, 0.05) is 31.9 Å². The van der Waals surface area contributed by atoms with Gasteiger partial charge in [-0.1, -0.05) is 0 Å². The van der Waals surface area contributed by atoms with Crippen molar-refractivity contribution in [1.29, 1.82) is 0 Å². The van der Waals surface area contributed by atoms with Gasteiger partial charge >= 0.3 is 0 Å². The summed E-state index contributed by atoms with van der Waals surface area (Å²) in [4.78, 5) is 30.7. The fraction of sp³-hybridized carbons (Fsp3) is 0.522. The van der Waals surface area contributed by atoms with Gasteiger partial charge in [0.2, 0.25) is 0 Å². The van der Waals surface area contributed by atoms with E-state index in [0.717, 1.165) is 18.6 Å². The van der Waals surface area contributed by atoms with Crippen molar-refractivity contribution < 1.29 is 18.4 Å². The number of hydrogen-bond donors (Lipinski definition) is 1. The zero-order valence-corrected chi connectivity index (χ0v) is 18.9. The molecule has 3 heterocycles.